The van der Waals surface area contributed by atoms with Crippen LogP contribution in [0.2, 0.25) is 0 Å². The number of nitro groups is 1. The van der Waals surface area contributed by atoms with Crippen LogP contribution in [-0.2, 0) is 25.4 Å². The molecule has 146 valence electrons. The average molecular weight is 388 g/mol. The monoisotopic (exact) mass is 388 g/mol. The lowest BCUT2D eigenvalue weighted by molar-refractivity contribution is -0.384. The van der Waals surface area contributed by atoms with E-state index in [9.17, 15) is 24.5 Å². The first-order valence-corrected chi connectivity index (χ1v) is 7.97. The first kappa shape index (κ1) is 18.8. The minimum atomic E-state index is -0.578. The average Bonchev–Trinajstić information content (AvgIpc) is 3.08. The molecular formula is C16H16N6O6. The van der Waals surface area contributed by atoms with E-state index in [1.54, 1.807) is 0 Å². The van der Waals surface area contributed by atoms with Crippen molar-refractivity contribution in [2.45, 2.75) is 6.54 Å². The fourth-order valence-corrected chi connectivity index (χ4v) is 2.76. The number of ether oxygens (including phenoxy) is 1. The van der Waals surface area contributed by atoms with Crippen molar-refractivity contribution in [1.82, 2.24) is 18.7 Å². The van der Waals surface area contributed by atoms with Gasteiger partial charge in [0.2, 0.25) is 5.91 Å². The minimum absolute atomic E-state index is 0.107. The maximum atomic E-state index is 12.4. The Hall–Kier alpha value is -3.96. The molecular weight excluding hydrogens is 372 g/mol. The van der Waals surface area contributed by atoms with E-state index in [2.05, 4.69) is 10.3 Å². The van der Waals surface area contributed by atoms with Gasteiger partial charge in [-0.3, -0.25) is 28.8 Å². The van der Waals surface area contributed by atoms with Crippen molar-refractivity contribution in [2.75, 3.05) is 12.4 Å². The number of hydrogen-bond acceptors (Lipinski definition) is 7. The zero-order valence-electron chi connectivity index (χ0n) is 15.2. The summed E-state index contributed by atoms with van der Waals surface area (Å²) in [5.41, 5.74) is -0.772. The van der Waals surface area contributed by atoms with Gasteiger partial charge >= 0.3 is 5.69 Å². The summed E-state index contributed by atoms with van der Waals surface area (Å²) in [4.78, 5) is 51.1. The molecule has 1 aromatic carbocycles. The number of rotatable bonds is 5. The van der Waals surface area contributed by atoms with Gasteiger partial charge < -0.3 is 14.6 Å². The zero-order valence-corrected chi connectivity index (χ0v) is 15.2. The number of carbonyl (C=O) groups excluding carboxylic acids is 1. The first-order chi connectivity index (χ1) is 13.2. The zero-order chi connectivity index (χ0) is 20.6. The Morgan fingerprint density at radius 1 is 1.29 bits per heavy atom. The molecule has 0 aliphatic heterocycles. The molecule has 12 nitrogen and oxygen atoms in total. The first-order valence-electron chi connectivity index (χ1n) is 7.97. The van der Waals surface area contributed by atoms with Gasteiger partial charge in [-0.1, -0.05) is 0 Å². The number of nitrogens with one attached hydrogen (secondary N) is 1. The van der Waals surface area contributed by atoms with E-state index in [-0.39, 0.29) is 34.8 Å². The summed E-state index contributed by atoms with van der Waals surface area (Å²) < 4.78 is 8.54. The van der Waals surface area contributed by atoms with E-state index in [1.807, 2.05) is 0 Å². The predicted molar refractivity (Wildman–Crippen MR) is 98.5 cm³/mol. The topological polar surface area (TPSA) is 143 Å². The Labute approximate surface area is 156 Å². The summed E-state index contributed by atoms with van der Waals surface area (Å²) in [5.74, 6) is -0.390. The summed E-state index contributed by atoms with van der Waals surface area (Å²) in [5, 5.41) is 13.4. The minimum Gasteiger partial charge on any atom is -0.494 e. The van der Waals surface area contributed by atoms with E-state index in [1.165, 1.54) is 54.9 Å². The van der Waals surface area contributed by atoms with Gasteiger partial charge in [-0.15, -0.1) is 0 Å². The number of anilines is 1. The third-order valence-corrected chi connectivity index (χ3v) is 4.20. The number of hydrogen-bond donors (Lipinski definition) is 1. The number of fused-ring (bicyclic) bond motifs is 1. The fourth-order valence-electron chi connectivity index (χ4n) is 2.76. The summed E-state index contributed by atoms with van der Waals surface area (Å²) in [6.07, 6.45) is 1.29. The van der Waals surface area contributed by atoms with Crippen LogP contribution < -0.4 is 21.3 Å². The van der Waals surface area contributed by atoms with Crippen LogP contribution >= 0.6 is 0 Å². The number of benzene rings is 1. The molecule has 28 heavy (non-hydrogen) atoms. The van der Waals surface area contributed by atoms with Gasteiger partial charge in [-0.05, 0) is 6.07 Å². The van der Waals surface area contributed by atoms with Crippen LogP contribution in [0.3, 0.4) is 0 Å². The van der Waals surface area contributed by atoms with Crippen molar-refractivity contribution in [3.63, 3.8) is 0 Å². The molecule has 2 aromatic heterocycles. The largest absolute Gasteiger partial charge is 0.494 e. The molecule has 0 spiro atoms. The third-order valence-electron chi connectivity index (χ3n) is 4.20. The van der Waals surface area contributed by atoms with Crippen LogP contribution in [0.4, 0.5) is 11.4 Å². The van der Waals surface area contributed by atoms with E-state index < -0.39 is 22.1 Å². The van der Waals surface area contributed by atoms with Gasteiger partial charge in [0.1, 0.15) is 12.3 Å². The van der Waals surface area contributed by atoms with E-state index in [0.29, 0.717) is 0 Å². The number of non-ortho nitro benzene ring substituents is 1. The molecule has 0 saturated heterocycles. The highest BCUT2D eigenvalue weighted by Crippen LogP contribution is 2.29. The molecule has 1 N–H and O–H groups in total. The molecule has 0 atom stereocenters. The van der Waals surface area contributed by atoms with Gasteiger partial charge in [0.15, 0.2) is 11.2 Å². The molecule has 12 heteroatoms. The van der Waals surface area contributed by atoms with Crippen molar-refractivity contribution >= 4 is 28.4 Å². The second-order valence-electron chi connectivity index (χ2n) is 5.94. The fraction of sp³-hybridized carbons (Fsp3) is 0.250. The second-order valence-corrected chi connectivity index (χ2v) is 5.94. The molecule has 3 rings (SSSR count). The van der Waals surface area contributed by atoms with Gasteiger partial charge in [-0.2, -0.15) is 0 Å². The number of nitrogens with zero attached hydrogens (tertiary/aromatic N) is 5. The number of aryl methyl sites for hydroxylation is 1. The molecule has 0 bridgehead atoms. The number of methoxy groups -OCH3 is 1. The highest BCUT2D eigenvalue weighted by Gasteiger charge is 2.17. The van der Waals surface area contributed by atoms with Crippen molar-refractivity contribution in [3.05, 3.63) is 55.5 Å². The van der Waals surface area contributed by atoms with Gasteiger partial charge in [-0.25, -0.2) is 9.78 Å². The Bertz CT molecular complexity index is 1220. The Kier molecular flexibility index (Phi) is 4.69. The normalized spacial score (nSPS) is 10.8. The number of aromatic nitrogens is 4. The number of amides is 1. The molecule has 0 fully saturated rings. The SMILES string of the molecule is COc1cc([N+](=O)[O-])ccc1NC(=O)Cn1cnc2c1c(=O)n(C)c(=O)n2C. The Balaban J connectivity index is 1.92. The molecule has 0 radical (unpaired) electrons. The molecule has 0 aliphatic rings. The van der Waals surface area contributed by atoms with Crippen LogP contribution in [-0.4, -0.2) is 36.6 Å². The molecule has 0 saturated carbocycles. The highest BCUT2D eigenvalue weighted by atomic mass is 16.6. The van der Waals surface area contributed by atoms with Crippen LogP contribution in [0.1, 0.15) is 0 Å². The Morgan fingerprint density at radius 2 is 2.00 bits per heavy atom. The van der Waals surface area contributed by atoms with Crippen molar-refractivity contribution in [3.8, 4) is 5.75 Å². The summed E-state index contributed by atoms with van der Waals surface area (Å²) in [6.45, 7) is -0.260. The number of carbonyl (C=O) groups is 1. The van der Waals surface area contributed by atoms with E-state index >= 15 is 0 Å². The van der Waals surface area contributed by atoms with Gasteiger partial charge in [0.25, 0.3) is 11.2 Å². The summed E-state index contributed by atoms with van der Waals surface area (Å²) >= 11 is 0. The molecule has 0 aliphatic carbocycles. The van der Waals surface area contributed by atoms with Crippen LogP contribution in [0, 0.1) is 10.1 Å². The Morgan fingerprint density at radius 3 is 2.64 bits per heavy atom. The second kappa shape index (κ2) is 6.98. The van der Waals surface area contributed by atoms with Gasteiger partial charge in [0.05, 0.1) is 30.1 Å². The van der Waals surface area contributed by atoms with Crippen LogP contribution in [0.15, 0.2) is 34.1 Å². The van der Waals surface area contributed by atoms with Crippen molar-refractivity contribution < 1.29 is 14.5 Å². The summed E-state index contributed by atoms with van der Waals surface area (Å²) in [6, 6.07) is 3.77. The van der Waals surface area contributed by atoms with Crippen molar-refractivity contribution in [1.29, 1.82) is 0 Å². The van der Waals surface area contributed by atoms with E-state index in [4.69, 9.17) is 4.74 Å². The molecule has 3 aromatic rings. The highest BCUT2D eigenvalue weighted by molar-refractivity contribution is 5.93. The lowest BCUT2D eigenvalue weighted by Crippen LogP contribution is -2.37. The van der Waals surface area contributed by atoms with E-state index in [0.717, 1.165) is 4.57 Å². The van der Waals surface area contributed by atoms with Crippen LogP contribution in [0.5, 0.6) is 5.75 Å². The molecule has 0 unspecified atom stereocenters. The van der Waals surface area contributed by atoms with Gasteiger partial charge in [0, 0.05) is 20.2 Å². The lowest BCUT2D eigenvalue weighted by atomic mass is 10.2. The molecule has 2 heterocycles. The van der Waals surface area contributed by atoms with Crippen LogP contribution in [0.25, 0.3) is 11.2 Å². The maximum Gasteiger partial charge on any atom is 0.332 e. The number of imidazole rings is 1. The quantitative estimate of drug-likeness (QED) is 0.478. The molecule has 1 amide bonds. The third kappa shape index (κ3) is 3.11. The van der Waals surface area contributed by atoms with Crippen molar-refractivity contribution in [2.24, 2.45) is 14.1 Å². The lowest BCUT2D eigenvalue weighted by Gasteiger charge is -2.11. The standard InChI is InChI=1S/C16H16N6O6/c1-19-14-13(15(24)20(2)16(19)25)21(8-17-14)7-12(23)18-10-5-4-9(22(26)27)6-11(10)28-3/h4-6,8H,7H2,1-3H3,(H,18,23). The smallest absolute Gasteiger partial charge is 0.332 e. The predicted octanol–water partition coefficient (Wildman–Crippen LogP) is -0.0108. The number of nitro benzene ring substituents is 1. The maximum absolute atomic E-state index is 12.4. The summed E-state index contributed by atoms with van der Waals surface area (Å²) in [7, 11) is 4.13.